The van der Waals surface area contributed by atoms with E-state index in [1.54, 1.807) is 0 Å². The second kappa shape index (κ2) is 4.28. The normalized spacial score (nSPS) is 25.7. The van der Waals surface area contributed by atoms with E-state index >= 15 is 0 Å². The average Bonchev–Trinajstić information content (AvgIpc) is 2.21. The number of nitrogens with zero attached hydrogens (tertiary/aromatic N) is 1. The second-order valence-electron chi connectivity index (χ2n) is 3.93. The van der Waals surface area contributed by atoms with Crippen molar-refractivity contribution >= 4 is 24.2 Å². The Morgan fingerprint density at radius 3 is 2.36 bits per heavy atom. The van der Waals surface area contributed by atoms with Crippen molar-refractivity contribution < 1.29 is 14.3 Å². The van der Waals surface area contributed by atoms with Crippen LogP contribution < -0.4 is 0 Å². The topological polar surface area (TPSA) is 46.6 Å². The van der Waals surface area contributed by atoms with Gasteiger partial charge in [-0.25, -0.2) is 0 Å². The molecule has 1 aliphatic heterocycles. The molecule has 1 atom stereocenters. The highest BCUT2D eigenvalue weighted by molar-refractivity contribution is 6.03. The fourth-order valence-electron chi connectivity index (χ4n) is 1.68. The first kappa shape index (κ1) is 13.4. The highest BCUT2D eigenvalue weighted by Gasteiger charge is 2.50. The number of esters is 1. The third-order valence-electron chi connectivity index (χ3n) is 2.84. The number of carbonyl (C=O) groups is 2. The van der Waals surface area contributed by atoms with E-state index in [0.29, 0.717) is 6.54 Å². The number of likely N-dealkylation sites (N-methyl/N-ethyl adjacent to an activating group) is 1. The molecule has 0 saturated carbocycles. The molecule has 14 heavy (non-hydrogen) atoms. The van der Waals surface area contributed by atoms with Gasteiger partial charge in [0.2, 0.25) is 0 Å². The fourth-order valence-corrected chi connectivity index (χ4v) is 1.68. The Hall–Kier alpha value is -0.610. The average molecular weight is 222 g/mol. The maximum atomic E-state index is 11.5. The van der Waals surface area contributed by atoms with Gasteiger partial charge in [-0.3, -0.25) is 14.5 Å². The first-order chi connectivity index (χ1) is 5.91. The predicted molar refractivity (Wildman–Crippen MR) is 54.5 cm³/mol. The van der Waals surface area contributed by atoms with Crippen molar-refractivity contribution in [1.82, 2.24) is 4.90 Å². The number of hydrogen-bond donors (Lipinski definition) is 0. The molecule has 0 aromatic rings. The van der Waals surface area contributed by atoms with Gasteiger partial charge in [0.05, 0.1) is 13.7 Å². The molecule has 4 nitrogen and oxygen atoms in total. The second-order valence-corrected chi connectivity index (χ2v) is 3.93. The summed E-state index contributed by atoms with van der Waals surface area (Å²) in [6, 6.07) is 0. The minimum absolute atomic E-state index is 0. The Morgan fingerprint density at radius 1 is 1.57 bits per heavy atom. The van der Waals surface area contributed by atoms with Crippen LogP contribution in [-0.2, 0) is 14.3 Å². The Bertz CT molecular complexity index is 244. The smallest absolute Gasteiger partial charge is 0.318 e. The molecule has 1 rings (SSSR count). The molecule has 1 heterocycles. The van der Waals surface area contributed by atoms with Gasteiger partial charge in [-0.15, -0.1) is 12.4 Å². The summed E-state index contributed by atoms with van der Waals surface area (Å²) in [5, 5.41) is 0. The molecule has 1 fully saturated rings. The first-order valence-corrected chi connectivity index (χ1v) is 4.23. The van der Waals surface area contributed by atoms with E-state index in [4.69, 9.17) is 0 Å². The summed E-state index contributed by atoms with van der Waals surface area (Å²) in [7, 11) is 3.14. The summed E-state index contributed by atoms with van der Waals surface area (Å²) in [6.07, 6.45) is 0. The van der Waals surface area contributed by atoms with Gasteiger partial charge in [0.15, 0.2) is 5.78 Å². The molecule has 0 N–H and O–H groups in total. The molecule has 0 amide bonds. The van der Waals surface area contributed by atoms with E-state index in [-0.39, 0.29) is 18.2 Å². The SMILES string of the molecule is COC(=O)C1C(=O)CN(C)C1(C)C.Cl. The van der Waals surface area contributed by atoms with Crippen LogP contribution in [-0.4, -0.2) is 42.9 Å². The number of rotatable bonds is 1. The fraction of sp³-hybridized carbons (Fsp3) is 0.778. The molecule has 82 valence electrons. The zero-order valence-electron chi connectivity index (χ0n) is 8.86. The van der Waals surface area contributed by atoms with Crippen LogP contribution in [0.25, 0.3) is 0 Å². The number of carbonyl (C=O) groups excluding carboxylic acids is 2. The maximum absolute atomic E-state index is 11.5. The van der Waals surface area contributed by atoms with E-state index in [1.165, 1.54) is 7.11 Å². The Morgan fingerprint density at radius 2 is 2.07 bits per heavy atom. The molecule has 0 spiro atoms. The monoisotopic (exact) mass is 221 g/mol. The van der Waals surface area contributed by atoms with E-state index in [1.807, 2.05) is 25.8 Å². The van der Waals surface area contributed by atoms with Gasteiger partial charge in [-0.05, 0) is 20.9 Å². The summed E-state index contributed by atoms with van der Waals surface area (Å²) < 4.78 is 4.60. The molecule has 5 heteroatoms. The van der Waals surface area contributed by atoms with Crippen LogP contribution in [0.5, 0.6) is 0 Å². The van der Waals surface area contributed by atoms with Crippen molar-refractivity contribution in [3.05, 3.63) is 0 Å². The lowest BCUT2D eigenvalue weighted by molar-refractivity contribution is -0.150. The standard InChI is InChI=1S/C9H15NO3.ClH/c1-9(2)7(8(12)13-4)6(11)5-10(9)3;/h7H,5H2,1-4H3;1H. The predicted octanol–water partition coefficient (Wildman–Crippen LogP) is 0.490. The Kier molecular flexibility index (Phi) is 4.09. The Labute approximate surface area is 90.0 Å². The maximum Gasteiger partial charge on any atom is 0.318 e. The van der Waals surface area contributed by atoms with Gasteiger partial charge in [0.1, 0.15) is 5.92 Å². The van der Waals surface area contributed by atoms with E-state index in [2.05, 4.69) is 4.74 Å². The summed E-state index contributed by atoms with van der Waals surface area (Å²) >= 11 is 0. The number of likely N-dealkylation sites (tertiary alicyclic amines) is 1. The molecular formula is C9H16ClNO3. The summed E-state index contributed by atoms with van der Waals surface area (Å²) in [5.41, 5.74) is -0.426. The number of ketones is 1. The molecule has 0 bridgehead atoms. The van der Waals surface area contributed by atoms with Crippen LogP contribution in [0.15, 0.2) is 0 Å². The lowest BCUT2D eigenvalue weighted by Gasteiger charge is -2.30. The summed E-state index contributed by atoms with van der Waals surface area (Å²) in [5.74, 6) is -1.12. The van der Waals surface area contributed by atoms with E-state index in [9.17, 15) is 9.59 Å². The van der Waals surface area contributed by atoms with Crippen LogP contribution >= 0.6 is 12.4 Å². The van der Waals surface area contributed by atoms with Gasteiger partial charge in [0, 0.05) is 5.54 Å². The van der Waals surface area contributed by atoms with Crippen LogP contribution in [0.4, 0.5) is 0 Å². The summed E-state index contributed by atoms with van der Waals surface area (Å²) in [6.45, 7) is 4.08. The van der Waals surface area contributed by atoms with Crippen molar-refractivity contribution in [3.63, 3.8) is 0 Å². The highest BCUT2D eigenvalue weighted by Crippen LogP contribution is 2.31. The van der Waals surface area contributed by atoms with Crippen molar-refractivity contribution in [2.75, 3.05) is 20.7 Å². The zero-order chi connectivity index (χ0) is 10.2. The largest absolute Gasteiger partial charge is 0.468 e. The molecular weight excluding hydrogens is 206 g/mol. The molecule has 1 unspecified atom stereocenters. The molecule has 0 radical (unpaired) electrons. The quantitative estimate of drug-likeness (QED) is 0.478. The molecule has 0 aliphatic carbocycles. The number of ether oxygens (including phenoxy) is 1. The summed E-state index contributed by atoms with van der Waals surface area (Å²) in [4.78, 5) is 24.6. The van der Waals surface area contributed by atoms with Gasteiger partial charge in [-0.1, -0.05) is 0 Å². The minimum Gasteiger partial charge on any atom is -0.468 e. The zero-order valence-corrected chi connectivity index (χ0v) is 9.68. The molecule has 0 aromatic carbocycles. The highest BCUT2D eigenvalue weighted by atomic mass is 35.5. The van der Waals surface area contributed by atoms with Crippen LogP contribution in [0.1, 0.15) is 13.8 Å². The van der Waals surface area contributed by atoms with Crippen molar-refractivity contribution in [2.24, 2.45) is 5.92 Å². The third-order valence-corrected chi connectivity index (χ3v) is 2.84. The van der Waals surface area contributed by atoms with Gasteiger partial charge in [-0.2, -0.15) is 0 Å². The van der Waals surface area contributed by atoms with Crippen molar-refractivity contribution in [1.29, 1.82) is 0 Å². The number of Topliss-reactive ketones (excluding diaryl/α,β-unsaturated/α-hetero) is 1. The number of hydrogen-bond acceptors (Lipinski definition) is 4. The third kappa shape index (κ3) is 1.91. The van der Waals surface area contributed by atoms with Gasteiger partial charge >= 0.3 is 5.97 Å². The lowest BCUT2D eigenvalue weighted by atomic mass is 9.88. The van der Waals surface area contributed by atoms with E-state index in [0.717, 1.165) is 0 Å². The van der Waals surface area contributed by atoms with Gasteiger partial charge < -0.3 is 4.74 Å². The number of methoxy groups -OCH3 is 1. The van der Waals surface area contributed by atoms with Gasteiger partial charge in [0.25, 0.3) is 0 Å². The van der Waals surface area contributed by atoms with Crippen LogP contribution in [0.2, 0.25) is 0 Å². The number of halogens is 1. The van der Waals surface area contributed by atoms with Crippen LogP contribution in [0.3, 0.4) is 0 Å². The lowest BCUT2D eigenvalue weighted by Crippen LogP contribution is -2.43. The Balaban J connectivity index is 0.00000169. The van der Waals surface area contributed by atoms with Crippen LogP contribution in [0, 0.1) is 5.92 Å². The van der Waals surface area contributed by atoms with Crippen molar-refractivity contribution in [2.45, 2.75) is 19.4 Å². The first-order valence-electron chi connectivity index (χ1n) is 4.23. The van der Waals surface area contributed by atoms with Crippen molar-refractivity contribution in [3.8, 4) is 0 Å². The van der Waals surface area contributed by atoms with E-state index < -0.39 is 17.4 Å². The molecule has 1 saturated heterocycles. The molecule has 0 aromatic heterocycles. The molecule has 1 aliphatic rings. The minimum atomic E-state index is -0.637.